The van der Waals surface area contributed by atoms with Gasteiger partial charge in [0.2, 0.25) is 0 Å². The molecular weight excluding hydrogens is 474 g/mol. The van der Waals surface area contributed by atoms with Crippen molar-refractivity contribution in [2.75, 3.05) is 29.9 Å². The summed E-state index contributed by atoms with van der Waals surface area (Å²) in [5.74, 6) is 1.67. The summed E-state index contributed by atoms with van der Waals surface area (Å²) in [6.45, 7) is 7.15. The van der Waals surface area contributed by atoms with Crippen LogP contribution in [0.25, 0.3) is 16.7 Å². The molecule has 0 unspecified atom stereocenters. The molecule has 1 atom stereocenters. The first kappa shape index (κ1) is 23.9. The first-order valence-electron chi connectivity index (χ1n) is 11.9. The monoisotopic (exact) mass is 501 g/mol. The predicted molar refractivity (Wildman–Crippen MR) is 145 cm³/mol. The highest BCUT2D eigenvalue weighted by Gasteiger charge is 2.18. The summed E-state index contributed by atoms with van der Waals surface area (Å²) in [6, 6.07) is 15.1. The molecule has 0 saturated carbocycles. The minimum Gasteiger partial charge on any atom is -0.354 e. The van der Waals surface area contributed by atoms with E-state index in [1.807, 2.05) is 18.3 Å². The molecule has 0 aliphatic carbocycles. The highest BCUT2D eigenvalue weighted by atomic mass is 35.5. The minimum atomic E-state index is 0. The molecule has 4 aromatic heterocycles. The first-order chi connectivity index (χ1) is 17.1. The van der Waals surface area contributed by atoms with Crippen LogP contribution in [0.2, 0.25) is 0 Å². The van der Waals surface area contributed by atoms with Crippen LogP contribution >= 0.6 is 12.4 Å². The second kappa shape index (κ2) is 10.0. The van der Waals surface area contributed by atoms with Gasteiger partial charge in [-0.25, -0.2) is 24.5 Å². The van der Waals surface area contributed by atoms with Crippen molar-refractivity contribution in [1.82, 2.24) is 34.9 Å². The lowest BCUT2D eigenvalue weighted by Crippen LogP contribution is -2.49. The number of anilines is 3. The zero-order valence-corrected chi connectivity index (χ0v) is 21.0. The number of aromatic nitrogens is 6. The van der Waals surface area contributed by atoms with E-state index in [2.05, 4.69) is 79.8 Å². The summed E-state index contributed by atoms with van der Waals surface area (Å²) in [7, 11) is 0. The lowest BCUT2D eigenvalue weighted by atomic mass is 10.0. The van der Waals surface area contributed by atoms with Crippen molar-refractivity contribution < 1.29 is 0 Å². The molecule has 2 N–H and O–H groups in total. The molecule has 5 aromatic rings. The van der Waals surface area contributed by atoms with Crippen molar-refractivity contribution in [2.24, 2.45) is 0 Å². The van der Waals surface area contributed by atoms with Crippen LogP contribution in [0.3, 0.4) is 0 Å². The maximum Gasteiger partial charge on any atom is 0.160 e. The fourth-order valence-electron chi connectivity index (χ4n) is 4.63. The Morgan fingerprint density at radius 3 is 2.83 bits per heavy atom. The molecule has 1 saturated heterocycles. The van der Waals surface area contributed by atoms with E-state index in [1.165, 1.54) is 16.7 Å². The van der Waals surface area contributed by atoms with Gasteiger partial charge in [0.25, 0.3) is 0 Å². The van der Waals surface area contributed by atoms with Gasteiger partial charge in [-0.3, -0.25) is 0 Å². The van der Waals surface area contributed by atoms with E-state index >= 15 is 0 Å². The van der Waals surface area contributed by atoms with Crippen LogP contribution in [0.1, 0.15) is 23.6 Å². The van der Waals surface area contributed by atoms with Crippen molar-refractivity contribution in [3.05, 3.63) is 78.0 Å². The van der Waals surface area contributed by atoms with Crippen molar-refractivity contribution >= 4 is 46.4 Å². The van der Waals surface area contributed by atoms with Gasteiger partial charge in [0.1, 0.15) is 24.0 Å². The number of pyridine rings is 2. The van der Waals surface area contributed by atoms with Gasteiger partial charge >= 0.3 is 0 Å². The molecular formula is C26H28ClN9. The third-order valence-corrected chi connectivity index (χ3v) is 6.50. The molecule has 6 rings (SSSR count). The number of hydrogen-bond acceptors (Lipinski definition) is 8. The van der Waals surface area contributed by atoms with Crippen LogP contribution in [0.5, 0.6) is 0 Å². The number of nitrogens with one attached hydrogen (secondary N) is 2. The van der Waals surface area contributed by atoms with Gasteiger partial charge in [-0.2, -0.15) is 5.10 Å². The van der Waals surface area contributed by atoms with E-state index in [0.717, 1.165) is 54.2 Å². The summed E-state index contributed by atoms with van der Waals surface area (Å²) >= 11 is 0. The fraction of sp³-hybridized carbons (Fsp3) is 0.269. The average molecular weight is 502 g/mol. The van der Waals surface area contributed by atoms with Gasteiger partial charge in [-0.15, -0.1) is 12.4 Å². The van der Waals surface area contributed by atoms with Crippen LogP contribution in [0.15, 0.2) is 61.3 Å². The van der Waals surface area contributed by atoms with Crippen LogP contribution in [-0.4, -0.2) is 55.2 Å². The maximum atomic E-state index is 4.94. The van der Waals surface area contributed by atoms with E-state index in [-0.39, 0.29) is 12.4 Å². The Labute approximate surface area is 215 Å². The second-order valence-electron chi connectivity index (χ2n) is 9.10. The number of fused-ring (bicyclic) bond motifs is 2. The van der Waals surface area contributed by atoms with Crippen molar-refractivity contribution in [3.63, 3.8) is 0 Å². The van der Waals surface area contributed by atoms with E-state index in [9.17, 15) is 0 Å². The number of hydrogen-bond donors (Lipinski definition) is 2. The number of halogens is 1. The molecule has 0 amide bonds. The van der Waals surface area contributed by atoms with E-state index in [4.69, 9.17) is 4.98 Å². The van der Waals surface area contributed by atoms with Crippen molar-refractivity contribution in [3.8, 4) is 0 Å². The van der Waals surface area contributed by atoms with Gasteiger partial charge in [0.05, 0.1) is 5.52 Å². The van der Waals surface area contributed by atoms with Crippen LogP contribution < -0.4 is 15.5 Å². The molecule has 0 spiro atoms. The minimum absolute atomic E-state index is 0. The third kappa shape index (κ3) is 4.80. The molecule has 1 fully saturated rings. The Balaban J connectivity index is 0.00000267. The van der Waals surface area contributed by atoms with Gasteiger partial charge in [0.15, 0.2) is 11.5 Å². The number of piperazine rings is 1. The Hall–Kier alpha value is -3.82. The summed E-state index contributed by atoms with van der Waals surface area (Å²) in [4.78, 5) is 20.5. The fourth-order valence-corrected chi connectivity index (χ4v) is 4.63. The normalized spacial score (nSPS) is 15.7. The van der Waals surface area contributed by atoms with Crippen LogP contribution in [-0.2, 0) is 6.42 Å². The molecule has 9 nitrogen and oxygen atoms in total. The summed E-state index contributed by atoms with van der Waals surface area (Å²) < 4.78 is 1.78. The SMILES string of the molecule is Cc1cc(Nc2ncnc3ccc(N4CCN[C@H](C)C4)nc23)ccc1Cc1ccn2ncnc2c1.Cl. The van der Waals surface area contributed by atoms with E-state index in [0.29, 0.717) is 11.9 Å². The Bertz CT molecular complexity index is 1520. The molecule has 0 bridgehead atoms. The number of aryl methyl sites for hydroxylation is 1. The molecule has 5 heterocycles. The maximum absolute atomic E-state index is 4.94. The van der Waals surface area contributed by atoms with E-state index < -0.39 is 0 Å². The Morgan fingerprint density at radius 2 is 1.97 bits per heavy atom. The van der Waals surface area contributed by atoms with Crippen molar-refractivity contribution in [2.45, 2.75) is 26.3 Å². The third-order valence-electron chi connectivity index (χ3n) is 6.50. The zero-order valence-electron chi connectivity index (χ0n) is 20.2. The molecule has 36 heavy (non-hydrogen) atoms. The average Bonchev–Trinajstić information content (AvgIpc) is 3.34. The highest BCUT2D eigenvalue weighted by molar-refractivity contribution is 5.88. The number of nitrogens with zero attached hydrogens (tertiary/aromatic N) is 7. The molecule has 1 aliphatic heterocycles. The predicted octanol–water partition coefficient (Wildman–Crippen LogP) is 3.93. The van der Waals surface area contributed by atoms with E-state index in [1.54, 1.807) is 17.2 Å². The highest BCUT2D eigenvalue weighted by Crippen LogP contribution is 2.26. The molecule has 0 radical (unpaired) electrons. The van der Waals surface area contributed by atoms with Gasteiger partial charge in [-0.1, -0.05) is 6.07 Å². The lowest BCUT2D eigenvalue weighted by molar-refractivity contribution is 0.482. The summed E-state index contributed by atoms with van der Waals surface area (Å²) in [5, 5.41) is 11.1. The quantitative estimate of drug-likeness (QED) is 0.374. The number of benzene rings is 1. The molecule has 10 heteroatoms. The summed E-state index contributed by atoms with van der Waals surface area (Å²) in [6.07, 6.45) is 5.94. The Kier molecular flexibility index (Phi) is 6.67. The smallest absolute Gasteiger partial charge is 0.160 e. The first-order valence-corrected chi connectivity index (χ1v) is 11.9. The molecule has 184 valence electrons. The molecule has 1 aliphatic rings. The summed E-state index contributed by atoms with van der Waals surface area (Å²) in [5.41, 5.74) is 7.11. The standard InChI is InChI=1S/C26H27N9.ClH/c1-17-11-21(4-3-20(17)12-19-7-9-35-24(13-19)29-16-31-35)32-26-25-22(28-15-30-26)5-6-23(33-25)34-10-8-27-18(2)14-34;/h3-7,9,11,13,15-16,18,27H,8,10,12,14H2,1-2H3,(H,28,30,32);1H/t18-;/m1./s1. The van der Waals surface area contributed by atoms with Crippen LogP contribution in [0, 0.1) is 6.92 Å². The lowest BCUT2D eigenvalue weighted by Gasteiger charge is -2.32. The topological polar surface area (TPSA) is 96.2 Å². The Morgan fingerprint density at radius 1 is 1.06 bits per heavy atom. The van der Waals surface area contributed by atoms with Crippen molar-refractivity contribution in [1.29, 1.82) is 0 Å². The van der Waals surface area contributed by atoms with Crippen LogP contribution in [0.4, 0.5) is 17.3 Å². The second-order valence-corrected chi connectivity index (χ2v) is 9.10. The van der Waals surface area contributed by atoms with Gasteiger partial charge in [-0.05, 0) is 73.4 Å². The molecule has 1 aromatic carbocycles. The largest absolute Gasteiger partial charge is 0.354 e. The van der Waals surface area contributed by atoms with Gasteiger partial charge in [0, 0.05) is 37.6 Å². The van der Waals surface area contributed by atoms with Gasteiger partial charge < -0.3 is 15.5 Å². The number of rotatable bonds is 5. The zero-order chi connectivity index (χ0) is 23.8.